The van der Waals surface area contributed by atoms with Crippen molar-refractivity contribution in [3.63, 3.8) is 0 Å². The average molecular weight is 406 g/mol. The lowest BCUT2D eigenvalue weighted by atomic mass is 9.53. The number of nitrogens with zero attached hydrogens (tertiary/aromatic N) is 2. The number of hydrogen-bond donors (Lipinski definition) is 1. The normalized spacial score (nSPS) is 31.5. The molecule has 4 saturated carbocycles. The number of nitrogens with one attached hydrogen (secondary N) is 1. The molecular formula is C21H31N3O3S. The maximum absolute atomic E-state index is 12.6. The van der Waals surface area contributed by atoms with Gasteiger partial charge in [0.2, 0.25) is 11.8 Å². The topological polar surface area (TPSA) is 73.3 Å². The molecule has 1 unspecified atom stereocenters. The van der Waals surface area contributed by atoms with E-state index in [0.29, 0.717) is 16.9 Å². The summed E-state index contributed by atoms with van der Waals surface area (Å²) in [5, 5.41) is 3.92. The molecule has 6 nitrogen and oxygen atoms in total. The van der Waals surface area contributed by atoms with E-state index >= 15 is 0 Å². The van der Waals surface area contributed by atoms with Crippen LogP contribution in [0.1, 0.15) is 58.8 Å². The SMILES string of the molecule is CCC(C)Oc1cc(OCC(=O)NC23CC4CC(CC(C4)C2)C3)nc(SC)n1. The van der Waals surface area contributed by atoms with Gasteiger partial charge >= 0.3 is 0 Å². The smallest absolute Gasteiger partial charge is 0.258 e. The van der Waals surface area contributed by atoms with Crippen molar-refractivity contribution < 1.29 is 14.3 Å². The summed E-state index contributed by atoms with van der Waals surface area (Å²) >= 11 is 1.43. The summed E-state index contributed by atoms with van der Waals surface area (Å²) in [7, 11) is 0. The molecule has 0 aromatic carbocycles. The highest BCUT2D eigenvalue weighted by atomic mass is 32.2. The van der Waals surface area contributed by atoms with Gasteiger partial charge in [0.05, 0.1) is 12.2 Å². The van der Waals surface area contributed by atoms with Gasteiger partial charge in [-0.15, -0.1) is 0 Å². The lowest BCUT2D eigenvalue weighted by molar-refractivity contribution is -0.128. The van der Waals surface area contributed by atoms with Gasteiger partial charge in [-0.1, -0.05) is 18.7 Å². The summed E-state index contributed by atoms with van der Waals surface area (Å²) < 4.78 is 11.5. The monoisotopic (exact) mass is 405 g/mol. The largest absolute Gasteiger partial charge is 0.474 e. The standard InChI is InChI=1S/C21H31N3O3S/c1-4-13(2)27-19-8-18(22-20(23-19)28-3)26-12-17(25)24-21-9-14-5-15(10-21)7-16(6-14)11-21/h8,13-16H,4-7,9-12H2,1-3H3,(H,24,25). The number of carbonyl (C=O) groups excluding carboxylic acids is 1. The highest BCUT2D eigenvalue weighted by Crippen LogP contribution is 2.55. The van der Waals surface area contributed by atoms with Crippen LogP contribution in [0.5, 0.6) is 11.8 Å². The van der Waals surface area contributed by atoms with Crippen molar-refractivity contribution in [2.24, 2.45) is 17.8 Å². The van der Waals surface area contributed by atoms with Gasteiger partial charge in [-0.2, -0.15) is 9.97 Å². The van der Waals surface area contributed by atoms with Crippen LogP contribution in [0, 0.1) is 17.8 Å². The van der Waals surface area contributed by atoms with Crippen LogP contribution in [-0.2, 0) is 4.79 Å². The van der Waals surface area contributed by atoms with E-state index in [4.69, 9.17) is 9.47 Å². The Labute approximate surface area is 171 Å². The maximum Gasteiger partial charge on any atom is 0.258 e. The lowest BCUT2D eigenvalue weighted by Crippen LogP contribution is -2.60. The van der Waals surface area contributed by atoms with Crippen LogP contribution in [0.15, 0.2) is 11.2 Å². The van der Waals surface area contributed by atoms with E-state index in [2.05, 4.69) is 22.2 Å². The third-order valence-electron chi connectivity index (χ3n) is 6.53. The second-order valence-corrected chi connectivity index (χ2v) is 9.68. The number of rotatable bonds is 8. The van der Waals surface area contributed by atoms with Crippen molar-refractivity contribution in [1.82, 2.24) is 15.3 Å². The summed E-state index contributed by atoms with van der Waals surface area (Å²) in [6.07, 6.45) is 10.4. The van der Waals surface area contributed by atoms with Crippen LogP contribution in [0.25, 0.3) is 0 Å². The molecule has 0 saturated heterocycles. The van der Waals surface area contributed by atoms with Gasteiger partial charge in [0.1, 0.15) is 0 Å². The molecule has 1 atom stereocenters. The van der Waals surface area contributed by atoms with Gasteiger partial charge in [0.15, 0.2) is 11.8 Å². The molecule has 7 heteroatoms. The molecule has 4 fully saturated rings. The van der Waals surface area contributed by atoms with Crippen molar-refractivity contribution >= 4 is 17.7 Å². The number of ether oxygens (including phenoxy) is 2. The van der Waals surface area contributed by atoms with Crippen molar-refractivity contribution in [1.29, 1.82) is 0 Å². The molecule has 1 aromatic heterocycles. The minimum atomic E-state index is -0.0457. The third-order valence-corrected chi connectivity index (χ3v) is 7.08. The van der Waals surface area contributed by atoms with E-state index in [0.717, 1.165) is 43.4 Å². The van der Waals surface area contributed by atoms with Gasteiger partial charge in [-0.3, -0.25) is 4.79 Å². The fraction of sp³-hybridized carbons (Fsp3) is 0.762. The van der Waals surface area contributed by atoms with E-state index in [1.54, 1.807) is 6.07 Å². The van der Waals surface area contributed by atoms with Crippen molar-refractivity contribution in [2.75, 3.05) is 12.9 Å². The predicted octanol–water partition coefficient (Wildman–Crippen LogP) is 3.84. The molecule has 0 spiro atoms. The number of carbonyl (C=O) groups is 1. The summed E-state index contributed by atoms with van der Waals surface area (Å²) in [6, 6.07) is 1.67. The minimum Gasteiger partial charge on any atom is -0.474 e. The molecular weight excluding hydrogens is 374 g/mol. The summed E-state index contributed by atoms with van der Waals surface area (Å²) in [4.78, 5) is 21.4. The highest BCUT2D eigenvalue weighted by molar-refractivity contribution is 7.98. The van der Waals surface area contributed by atoms with Gasteiger partial charge in [-0.05, 0) is 75.9 Å². The summed E-state index contributed by atoms with van der Waals surface area (Å²) in [6.45, 7) is 4.04. The fourth-order valence-electron chi connectivity index (χ4n) is 5.63. The molecule has 1 amide bonds. The molecule has 4 aliphatic rings. The van der Waals surface area contributed by atoms with Crippen LogP contribution >= 0.6 is 11.8 Å². The first-order chi connectivity index (χ1) is 13.5. The quantitative estimate of drug-likeness (QED) is 0.523. The predicted molar refractivity (Wildman–Crippen MR) is 109 cm³/mol. The lowest BCUT2D eigenvalue weighted by Gasteiger charge is -2.56. The van der Waals surface area contributed by atoms with E-state index in [9.17, 15) is 4.79 Å². The van der Waals surface area contributed by atoms with Crippen LogP contribution in [0.4, 0.5) is 0 Å². The van der Waals surface area contributed by atoms with E-state index < -0.39 is 0 Å². The van der Waals surface area contributed by atoms with Crippen LogP contribution in [-0.4, -0.2) is 40.4 Å². The highest BCUT2D eigenvalue weighted by Gasteiger charge is 2.51. The first kappa shape index (κ1) is 19.8. The Hall–Kier alpha value is -1.50. The Morgan fingerprint density at radius 1 is 1.21 bits per heavy atom. The Morgan fingerprint density at radius 3 is 2.39 bits per heavy atom. The molecule has 1 aromatic rings. The summed E-state index contributed by atoms with van der Waals surface area (Å²) in [5.41, 5.74) is 0.0100. The number of thioether (sulfide) groups is 1. The molecule has 154 valence electrons. The Balaban J connectivity index is 1.36. The van der Waals surface area contributed by atoms with E-state index in [-0.39, 0.29) is 24.2 Å². The van der Waals surface area contributed by atoms with Gasteiger partial charge in [0, 0.05) is 5.54 Å². The van der Waals surface area contributed by atoms with Crippen LogP contribution < -0.4 is 14.8 Å². The molecule has 0 aliphatic heterocycles. The van der Waals surface area contributed by atoms with Gasteiger partial charge < -0.3 is 14.8 Å². The van der Waals surface area contributed by atoms with Gasteiger partial charge in [0.25, 0.3) is 5.91 Å². The Bertz CT molecular complexity index is 692. The second-order valence-electron chi connectivity index (χ2n) is 8.90. The van der Waals surface area contributed by atoms with Gasteiger partial charge in [-0.25, -0.2) is 0 Å². The van der Waals surface area contributed by atoms with Crippen molar-refractivity contribution in [3.05, 3.63) is 6.07 Å². The van der Waals surface area contributed by atoms with Crippen molar-refractivity contribution in [3.8, 4) is 11.8 Å². The minimum absolute atomic E-state index is 0.0100. The molecule has 1 N–H and O–H groups in total. The molecule has 28 heavy (non-hydrogen) atoms. The van der Waals surface area contributed by atoms with Crippen molar-refractivity contribution in [2.45, 2.75) is 75.6 Å². The molecule has 4 aliphatic carbocycles. The van der Waals surface area contributed by atoms with Crippen LogP contribution in [0.2, 0.25) is 0 Å². The number of aromatic nitrogens is 2. The second kappa shape index (κ2) is 8.09. The summed E-state index contributed by atoms with van der Waals surface area (Å²) in [5.74, 6) is 3.25. The molecule has 5 rings (SSSR count). The zero-order valence-electron chi connectivity index (χ0n) is 17.1. The Morgan fingerprint density at radius 2 is 1.82 bits per heavy atom. The third kappa shape index (κ3) is 4.39. The number of hydrogen-bond acceptors (Lipinski definition) is 6. The zero-order valence-corrected chi connectivity index (χ0v) is 17.9. The van der Waals surface area contributed by atoms with Crippen LogP contribution in [0.3, 0.4) is 0 Å². The first-order valence-corrected chi connectivity index (χ1v) is 11.7. The Kier molecular flexibility index (Phi) is 5.72. The van der Waals surface area contributed by atoms with E-state index in [1.165, 1.54) is 31.0 Å². The maximum atomic E-state index is 12.6. The fourth-order valence-corrected chi connectivity index (χ4v) is 6.00. The molecule has 0 radical (unpaired) electrons. The first-order valence-electron chi connectivity index (χ1n) is 10.5. The molecule has 1 heterocycles. The molecule has 4 bridgehead atoms. The zero-order chi connectivity index (χ0) is 19.7. The average Bonchev–Trinajstić information content (AvgIpc) is 2.64. The number of amides is 1. The van der Waals surface area contributed by atoms with E-state index in [1.807, 2.05) is 13.2 Å².